The maximum absolute atomic E-state index is 11.9. The normalized spacial score (nSPS) is 17.6. The maximum Gasteiger partial charge on any atom is 0.261 e. The summed E-state index contributed by atoms with van der Waals surface area (Å²) in [6.07, 6.45) is 4.80. The van der Waals surface area contributed by atoms with Gasteiger partial charge >= 0.3 is 0 Å². The van der Waals surface area contributed by atoms with Gasteiger partial charge in [-0.3, -0.25) is 0 Å². The smallest absolute Gasteiger partial charge is 0.261 e. The molecule has 0 aromatic carbocycles. The van der Waals surface area contributed by atoms with E-state index in [1.165, 1.54) is 19.3 Å². The second kappa shape index (κ2) is 8.81. The van der Waals surface area contributed by atoms with Crippen molar-refractivity contribution in [3.8, 4) is 0 Å². The van der Waals surface area contributed by atoms with Crippen LogP contribution >= 0.6 is 0 Å². The lowest BCUT2D eigenvalue weighted by atomic mass is 10.1. The van der Waals surface area contributed by atoms with Crippen molar-refractivity contribution in [2.24, 2.45) is 5.92 Å². The van der Waals surface area contributed by atoms with Crippen LogP contribution in [0, 0.1) is 5.92 Å². The van der Waals surface area contributed by atoms with E-state index >= 15 is 0 Å². The number of alkyl halides is 2. The Morgan fingerprint density at radius 3 is 2.65 bits per heavy atom. The molecule has 0 saturated heterocycles. The van der Waals surface area contributed by atoms with E-state index in [0.29, 0.717) is 12.6 Å². The van der Waals surface area contributed by atoms with Gasteiger partial charge in [-0.1, -0.05) is 19.8 Å². The first-order chi connectivity index (χ1) is 8.22. The molecule has 1 aliphatic carbocycles. The second-order valence-corrected chi connectivity index (χ2v) is 4.93. The molecule has 0 aliphatic heterocycles. The molecular weight excluding hydrogens is 224 g/mol. The highest BCUT2D eigenvalue weighted by Crippen LogP contribution is 2.34. The molecule has 1 saturated carbocycles. The highest BCUT2D eigenvalue weighted by molar-refractivity contribution is 4.76. The quantitative estimate of drug-likeness (QED) is 0.568. The highest BCUT2D eigenvalue weighted by atomic mass is 19.3. The molecule has 0 aromatic rings. The van der Waals surface area contributed by atoms with Gasteiger partial charge in [0.2, 0.25) is 0 Å². The van der Waals surface area contributed by atoms with Crippen LogP contribution in [0.3, 0.4) is 0 Å². The first-order valence-electron chi connectivity index (χ1n) is 6.81. The zero-order chi connectivity index (χ0) is 12.5. The molecule has 17 heavy (non-hydrogen) atoms. The van der Waals surface area contributed by atoms with Crippen LogP contribution < -0.4 is 5.32 Å². The molecule has 0 aromatic heterocycles. The van der Waals surface area contributed by atoms with Gasteiger partial charge < -0.3 is 10.1 Å². The van der Waals surface area contributed by atoms with Crippen LogP contribution in [0.1, 0.15) is 45.4 Å². The third kappa shape index (κ3) is 8.50. The van der Waals surface area contributed by atoms with Crippen molar-refractivity contribution in [1.82, 2.24) is 5.32 Å². The summed E-state index contributed by atoms with van der Waals surface area (Å²) in [6.45, 7) is 3.15. The van der Waals surface area contributed by atoms with Crippen LogP contribution in [-0.2, 0) is 4.74 Å². The molecule has 1 unspecified atom stereocenters. The zero-order valence-corrected chi connectivity index (χ0v) is 10.8. The number of hydrogen-bond donors (Lipinski definition) is 1. The lowest BCUT2D eigenvalue weighted by molar-refractivity contribution is 0.0141. The molecule has 4 heteroatoms. The highest BCUT2D eigenvalue weighted by Gasteiger charge is 2.22. The van der Waals surface area contributed by atoms with E-state index in [1.54, 1.807) is 0 Å². The zero-order valence-electron chi connectivity index (χ0n) is 10.8. The van der Waals surface area contributed by atoms with E-state index in [2.05, 4.69) is 12.2 Å². The fourth-order valence-corrected chi connectivity index (χ4v) is 1.94. The Labute approximate surface area is 103 Å². The van der Waals surface area contributed by atoms with Crippen molar-refractivity contribution < 1.29 is 13.5 Å². The number of rotatable bonds is 11. The van der Waals surface area contributed by atoms with Crippen LogP contribution in [0.25, 0.3) is 0 Å². The number of ether oxygens (including phenoxy) is 1. The van der Waals surface area contributed by atoms with Crippen molar-refractivity contribution in [3.05, 3.63) is 0 Å². The minimum Gasteiger partial charge on any atom is -0.375 e. The summed E-state index contributed by atoms with van der Waals surface area (Å²) in [6, 6.07) is 0.438. The van der Waals surface area contributed by atoms with Crippen molar-refractivity contribution in [3.63, 3.8) is 0 Å². The molecule has 0 amide bonds. The van der Waals surface area contributed by atoms with Gasteiger partial charge in [0.05, 0.1) is 0 Å². The largest absolute Gasteiger partial charge is 0.375 e. The first-order valence-corrected chi connectivity index (χ1v) is 6.81. The van der Waals surface area contributed by atoms with E-state index in [-0.39, 0.29) is 0 Å². The summed E-state index contributed by atoms with van der Waals surface area (Å²) in [5.41, 5.74) is 0. The number of halogens is 2. The minimum absolute atomic E-state index is 0.427. The Bertz CT molecular complexity index is 186. The van der Waals surface area contributed by atoms with E-state index < -0.39 is 13.0 Å². The molecular formula is C13H25F2NO. The average Bonchev–Trinajstić information content (AvgIpc) is 3.10. The topological polar surface area (TPSA) is 21.3 Å². The average molecular weight is 249 g/mol. The molecule has 2 nitrogen and oxygen atoms in total. The van der Waals surface area contributed by atoms with Gasteiger partial charge in [-0.15, -0.1) is 0 Å². The van der Waals surface area contributed by atoms with Crippen molar-refractivity contribution >= 4 is 0 Å². The predicted molar refractivity (Wildman–Crippen MR) is 65.5 cm³/mol. The minimum atomic E-state index is -2.34. The number of nitrogens with one attached hydrogen (secondary N) is 1. The van der Waals surface area contributed by atoms with Crippen LogP contribution in [0.5, 0.6) is 0 Å². The van der Waals surface area contributed by atoms with Crippen molar-refractivity contribution in [2.45, 2.75) is 57.9 Å². The van der Waals surface area contributed by atoms with Crippen molar-refractivity contribution in [1.29, 1.82) is 0 Å². The summed E-state index contributed by atoms with van der Waals surface area (Å²) in [5.74, 6) is 0.933. The van der Waals surface area contributed by atoms with Crippen LogP contribution in [0.15, 0.2) is 0 Å². The molecule has 1 N–H and O–H groups in total. The van der Waals surface area contributed by atoms with Gasteiger partial charge in [-0.05, 0) is 38.1 Å². The molecule has 0 radical (unpaired) electrons. The van der Waals surface area contributed by atoms with E-state index in [4.69, 9.17) is 4.74 Å². The third-order valence-corrected chi connectivity index (χ3v) is 3.16. The van der Waals surface area contributed by atoms with Gasteiger partial charge in [0.1, 0.15) is 6.61 Å². The fraction of sp³-hybridized carbons (Fsp3) is 1.00. The maximum atomic E-state index is 11.9. The third-order valence-electron chi connectivity index (χ3n) is 3.16. The molecule has 0 spiro atoms. The van der Waals surface area contributed by atoms with Crippen molar-refractivity contribution in [2.75, 3.05) is 19.8 Å². The Kier molecular flexibility index (Phi) is 7.69. The summed E-state index contributed by atoms with van der Waals surface area (Å²) >= 11 is 0. The van der Waals surface area contributed by atoms with E-state index in [9.17, 15) is 8.78 Å². The van der Waals surface area contributed by atoms with Crippen LogP contribution in [0.2, 0.25) is 0 Å². The Morgan fingerprint density at radius 2 is 2.06 bits per heavy atom. The number of hydrogen-bond acceptors (Lipinski definition) is 2. The second-order valence-electron chi connectivity index (χ2n) is 4.93. The van der Waals surface area contributed by atoms with Crippen LogP contribution in [0.4, 0.5) is 8.78 Å². The van der Waals surface area contributed by atoms with Gasteiger partial charge in [0.25, 0.3) is 6.43 Å². The summed E-state index contributed by atoms with van der Waals surface area (Å²) in [5, 5.41) is 3.47. The van der Waals surface area contributed by atoms with Gasteiger partial charge in [-0.2, -0.15) is 0 Å². The summed E-state index contributed by atoms with van der Waals surface area (Å²) in [4.78, 5) is 0. The molecule has 0 heterocycles. The Morgan fingerprint density at radius 1 is 1.29 bits per heavy atom. The van der Waals surface area contributed by atoms with Gasteiger partial charge in [0, 0.05) is 12.6 Å². The SMILES string of the molecule is CCCNC(CCOCC(F)F)CCC1CC1. The van der Waals surface area contributed by atoms with Gasteiger partial charge in [-0.25, -0.2) is 8.78 Å². The Hall–Kier alpha value is -0.220. The molecule has 1 rings (SSSR count). The first kappa shape index (κ1) is 14.8. The fourth-order valence-electron chi connectivity index (χ4n) is 1.94. The molecule has 1 aliphatic rings. The van der Waals surface area contributed by atoms with E-state index in [1.807, 2.05) is 0 Å². The monoisotopic (exact) mass is 249 g/mol. The lowest BCUT2D eigenvalue weighted by Gasteiger charge is -2.18. The molecule has 102 valence electrons. The Balaban J connectivity index is 2.05. The molecule has 1 fully saturated rings. The standard InChI is InChI=1S/C13H25F2NO/c1-2-8-16-12(6-5-11-3-4-11)7-9-17-10-13(14)15/h11-13,16H,2-10H2,1H3. The molecule has 0 bridgehead atoms. The summed E-state index contributed by atoms with van der Waals surface area (Å²) in [7, 11) is 0. The van der Waals surface area contributed by atoms with E-state index in [0.717, 1.165) is 31.7 Å². The van der Waals surface area contributed by atoms with Gasteiger partial charge in [0.15, 0.2) is 0 Å². The molecule has 1 atom stereocenters. The summed E-state index contributed by atoms with van der Waals surface area (Å²) < 4.78 is 28.7. The lowest BCUT2D eigenvalue weighted by Crippen LogP contribution is -2.31. The van der Waals surface area contributed by atoms with Crippen LogP contribution in [-0.4, -0.2) is 32.2 Å². The predicted octanol–water partition coefficient (Wildman–Crippen LogP) is 3.22.